The van der Waals surface area contributed by atoms with Crippen molar-refractivity contribution in [1.82, 2.24) is 14.1 Å². The van der Waals surface area contributed by atoms with E-state index in [0.29, 0.717) is 32.7 Å². The maximum atomic E-state index is 12.9. The number of carbonyl (C=O) groups excluding carboxylic acids is 1. The summed E-state index contributed by atoms with van der Waals surface area (Å²) in [4.78, 5) is 16.9. The molecule has 0 N–H and O–H groups in total. The van der Waals surface area contributed by atoms with Gasteiger partial charge in [0, 0.05) is 32.2 Å². The first kappa shape index (κ1) is 22.0. The molecule has 0 spiro atoms. The molecular formula is C24H31N3O3S. The van der Waals surface area contributed by atoms with Gasteiger partial charge in [-0.25, -0.2) is 8.42 Å². The fraction of sp³-hybridized carbons (Fsp3) is 0.458. The van der Waals surface area contributed by atoms with Crippen molar-refractivity contribution in [2.24, 2.45) is 0 Å². The van der Waals surface area contributed by atoms with E-state index >= 15 is 0 Å². The minimum atomic E-state index is -3.37. The number of likely N-dealkylation sites (N-methyl/N-ethyl adjacent to an activating group) is 1. The van der Waals surface area contributed by atoms with E-state index in [1.165, 1.54) is 15.4 Å². The number of sulfonamides is 1. The van der Waals surface area contributed by atoms with Gasteiger partial charge in [0.15, 0.2) is 0 Å². The van der Waals surface area contributed by atoms with Crippen molar-refractivity contribution in [3.63, 3.8) is 0 Å². The van der Waals surface area contributed by atoms with E-state index in [0.717, 1.165) is 24.8 Å². The topological polar surface area (TPSA) is 60.9 Å². The Morgan fingerprint density at radius 3 is 2.42 bits per heavy atom. The third kappa shape index (κ3) is 5.17. The Labute approximate surface area is 185 Å². The molecule has 7 heteroatoms. The molecule has 0 saturated carbocycles. The molecule has 4 rings (SSSR count). The van der Waals surface area contributed by atoms with Crippen molar-refractivity contribution < 1.29 is 13.2 Å². The smallest absolute Gasteiger partial charge is 0.236 e. The predicted octanol–water partition coefficient (Wildman–Crippen LogP) is 2.67. The molecule has 1 heterocycles. The number of hydrogen-bond acceptors (Lipinski definition) is 4. The third-order valence-electron chi connectivity index (χ3n) is 6.43. The van der Waals surface area contributed by atoms with Crippen LogP contribution in [0, 0.1) is 0 Å². The Bertz CT molecular complexity index is 1000. The summed E-state index contributed by atoms with van der Waals surface area (Å²) < 4.78 is 27.0. The van der Waals surface area contributed by atoms with E-state index < -0.39 is 10.0 Å². The van der Waals surface area contributed by atoms with E-state index in [2.05, 4.69) is 29.2 Å². The average Bonchev–Trinajstić information content (AvgIpc) is 2.79. The van der Waals surface area contributed by atoms with Crippen LogP contribution in [0.25, 0.3) is 0 Å². The summed E-state index contributed by atoms with van der Waals surface area (Å²) in [5.74, 6) is 0.0803. The number of benzene rings is 2. The van der Waals surface area contributed by atoms with Crippen molar-refractivity contribution in [2.75, 3.05) is 39.8 Å². The Morgan fingerprint density at radius 1 is 1.00 bits per heavy atom. The lowest BCUT2D eigenvalue weighted by Crippen LogP contribution is -2.52. The van der Waals surface area contributed by atoms with Crippen LogP contribution in [0.1, 0.15) is 35.6 Å². The standard InChI is InChI=1S/C24H31N3O3S/c1-25(23-13-7-11-21-10-5-6-12-22(21)23)18-24(28)26-14-16-27(17-15-26)31(29,30)19-20-8-3-2-4-9-20/h2-6,8-10,12,23H,7,11,13-19H2,1H3. The summed E-state index contributed by atoms with van der Waals surface area (Å²) in [6.45, 7) is 1.97. The van der Waals surface area contributed by atoms with E-state index in [1.54, 1.807) is 4.90 Å². The lowest BCUT2D eigenvalue weighted by atomic mass is 9.87. The number of carbonyl (C=O) groups is 1. The molecule has 1 amide bonds. The number of nitrogens with zero attached hydrogens (tertiary/aromatic N) is 3. The summed E-state index contributed by atoms with van der Waals surface area (Å²) in [6.07, 6.45) is 3.30. The largest absolute Gasteiger partial charge is 0.339 e. The summed E-state index contributed by atoms with van der Waals surface area (Å²) in [5, 5.41) is 0. The summed E-state index contributed by atoms with van der Waals surface area (Å²) in [7, 11) is -1.36. The zero-order valence-corrected chi connectivity index (χ0v) is 18.9. The monoisotopic (exact) mass is 441 g/mol. The van der Waals surface area contributed by atoms with Gasteiger partial charge < -0.3 is 4.90 Å². The minimum Gasteiger partial charge on any atom is -0.339 e. The van der Waals surface area contributed by atoms with Crippen LogP contribution in [0.4, 0.5) is 0 Å². The highest BCUT2D eigenvalue weighted by molar-refractivity contribution is 7.88. The molecule has 1 atom stereocenters. The van der Waals surface area contributed by atoms with Crippen molar-refractivity contribution in [1.29, 1.82) is 0 Å². The highest BCUT2D eigenvalue weighted by Gasteiger charge is 2.31. The van der Waals surface area contributed by atoms with Crippen LogP contribution < -0.4 is 0 Å². The highest BCUT2D eigenvalue weighted by Crippen LogP contribution is 2.33. The molecule has 1 fully saturated rings. The molecule has 2 aromatic rings. The summed E-state index contributed by atoms with van der Waals surface area (Å²) in [6, 6.07) is 18.0. The first-order chi connectivity index (χ1) is 14.9. The van der Waals surface area contributed by atoms with E-state index in [-0.39, 0.29) is 17.7 Å². The van der Waals surface area contributed by atoms with Crippen LogP contribution in [0.2, 0.25) is 0 Å². The normalized spacial score (nSPS) is 19.9. The Kier molecular flexibility index (Phi) is 6.74. The Balaban J connectivity index is 1.31. The zero-order valence-electron chi connectivity index (χ0n) is 18.1. The highest BCUT2D eigenvalue weighted by atomic mass is 32.2. The number of aryl methyl sites for hydroxylation is 1. The quantitative estimate of drug-likeness (QED) is 0.692. The van der Waals surface area contributed by atoms with Gasteiger partial charge >= 0.3 is 0 Å². The van der Waals surface area contributed by atoms with Crippen LogP contribution in [0.3, 0.4) is 0 Å². The van der Waals surface area contributed by atoms with Gasteiger partial charge in [-0.2, -0.15) is 4.31 Å². The third-order valence-corrected chi connectivity index (χ3v) is 8.28. The van der Waals surface area contributed by atoms with Crippen LogP contribution in [0.15, 0.2) is 54.6 Å². The Morgan fingerprint density at radius 2 is 1.68 bits per heavy atom. The molecule has 2 aromatic carbocycles. The van der Waals surface area contributed by atoms with Crippen LogP contribution >= 0.6 is 0 Å². The second kappa shape index (κ2) is 9.51. The van der Waals surface area contributed by atoms with Gasteiger partial charge in [-0.15, -0.1) is 0 Å². The number of hydrogen-bond donors (Lipinski definition) is 0. The molecular weight excluding hydrogens is 410 g/mol. The molecule has 0 radical (unpaired) electrons. The summed E-state index contributed by atoms with van der Waals surface area (Å²) in [5.41, 5.74) is 3.51. The molecule has 2 aliphatic rings. The molecule has 1 aliphatic heterocycles. The van der Waals surface area contributed by atoms with Gasteiger partial charge in [0.2, 0.25) is 15.9 Å². The van der Waals surface area contributed by atoms with Crippen molar-refractivity contribution in [3.8, 4) is 0 Å². The number of piperazine rings is 1. The molecule has 31 heavy (non-hydrogen) atoms. The van der Waals surface area contributed by atoms with E-state index in [4.69, 9.17) is 0 Å². The SMILES string of the molecule is CN(CC(=O)N1CCN(S(=O)(=O)Cc2ccccc2)CC1)C1CCCc2ccccc21. The lowest BCUT2D eigenvalue weighted by Gasteiger charge is -2.37. The molecule has 0 bridgehead atoms. The fourth-order valence-corrected chi connectivity index (χ4v) is 6.22. The molecule has 1 unspecified atom stereocenters. The number of rotatable bonds is 6. The summed E-state index contributed by atoms with van der Waals surface area (Å²) >= 11 is 0. The van der Waals surface area contributed by atoms with Gasteiger partial charge in [-0.3, -0.25) is 9.69 Å². The predicted molar refractivity (Wildman–Crippen MR) is 122 cm³/mol. The fourth-order valence-electron chi connectivity index (χ4n) is 4.70. The van der Waals surface area contributed by atoms with Crippen molar-refractivity contribution >= 4 is 15.9 Å². The van der Waals surface area contributed by atoms with Crippen LogP contribution in [0.5, 0.6) is 0 Å². The Hall–Kier alpha value is -2.22. The average molecular weight is 442 g/mol. The first-order valence-corrected chi connectivity index (χ1v) is 12.6. The first-order valence-electron chi connectivity index (χ1n) is 11.0. The van der Waals surface area contributed by atoms with Crippen LogP contribution in [-0.2, 0) is 27.0 Å². The van der Waals surface area contributed by atoms with Gasteiger partial charge in [-0.1, -0.05) is 54.6 Å². The van der Waals surface area contributed by atoms with Crippen LogP contribution in [-0.4, -0.2) is 68.2 Å². The lowest BCUT2D eigenvalue weighted by molar-refractivity contribution is -0.133. The number of fused-ring (bicyclic) bond motifs is 1. The van der Waals surface area contributed by atoms with Gasteiger partial charge in [-0.05, 0) is 43.0 Å². The van der Waals surface area contributed by atoms with Gasteiger partial charge in [0.05, 0.1) is 12.3 Å². The molecule has 1 saturated heterocycles. The molecule has 1 aliphatic carbocycles. The maximum absolute atomic E-state index is 12.9. The number of amides is 1. The van der Waals surface area contributed by atoms with Crippen molar-refractivity contribution in [2.45, 2.75) is 31.1 Å². The van der Waals surface area contributed by atoms with E-state index in [1.807, 2.05) is 37.4 Å². The zero-order chi connectivity index (χ0) is 21.8. The molecule has 6 nitrogen and oxygen atoms in total. The minimum absolute atomic E-state index is 0.00557. The second-order valence-corrected chi connectivity index (χ2v) is 10.5. The second-order valence-electron chi connectivity index (χ2n) is 8.54. The van der Waals surface area contributed by atoms with Crippen molar-refractivity contribution in [3.05, 3.63) is 71.3 Å². The molecule has 166 valence electrons. The van der Waals surface area contributed by atoms with Gasteiger partial charge in [0.1, 0.15) is 0 Å². The van der Waals surface area contributed by atoms with E-state index in [9.17, 15) is 13.2 Å². The molecule has 0 aromatic heterocycles. The van der Waals surface area contributed by atoms with Gasteiger partial charge in [0.25, 0.3) is 0 Å². The maximum Gasteiger partial charge on any atom is 0.236 e.